The lowest BCUT2D eigenvalue weighted by molar-refractivity contribution is 0.1000. The Hall–Kier alpha value is -2.67. The number of primary amides is 1. The van der Waals surface area contributed by atoms with Crippen molar-refractivity contribution in [2.75, 3.05) is 10.4 Å². The number of nitrogens with two attached hydrogens (primary N) is 2. The zero-order valence-electron chi connectivity index (χ0n) is 16.4. The van der Waals surface area contributed by atoms with Crippen LogP contribution in [0.1, 0.15) is 61.4 Å². The van der Waals surface area contributed by atoms with Crippen molar-refractivity contribution in [2.24, 2.45) is 11.5 Å². The van der Waals surface area contributed by atoms with Crippen LogP contribution >= 0.6 is 0 Å². The van der Waals surface area contributed by atoms with Gasteiger partial charge in [-0.25, -0.2) is 0 Å². The van der Waals surface area contributed by atoms with Crippen LogP contribution in [-0.2, 0) is 0 Å². The first kappa shape index (κ1) is 20.1. The normalized spacial score (nSPS) is 19.5. The lowest BCUT2D eigenvalue weighted by Crippen LogP contribution is -2.42. The molecule has 2 aromatic rings. The maximum atomic E-state index is 15.1. The minimum Gasteiger partial charge on any atom is -0.380 e. The SMILES string of the molecule is CC(C)c1ccc(N(F)c2cncc(C(N)=O)c2)cc1N[C@@H]1CCCC[C@@H]1N. The molecule has 0 radical (unpaired) electrons. The van der Waals surface area contributed by atoms with Crippen LogP contribution in [0.15, 0.2) is 36.7 Å². The summed E-state index contributed by atoms with van der Waals surface area (Å²) in [5.74, 6) is -0.365. The van der Waals surface area contributed by atoms with E-state index in [4.69, 9.17) is 11.5 Å². The highest BCUT2D eigenvalue weighted by Gasteiger charge is 2.23. The molecular formula is C21H28FN5O. The molecule has 1 aromatic heterocycles. The fourth-order valence-corrected chi connectivity index (χ4v) is 3.65. The summed E-state index contributed by atoms with van der Waals surface area (Å²) in [6, 6.07) is 7.08. The predicted octanol–water partition coefficient (Wildman–Crippen LogP) is 4.01. The first-order valence-electron chi connectivity index (χ1n) is 9.73. The molecule has 1 heterocycles. The van der Waals surface area contributed by atoms with Gasteiger partial charge < -0.3 is 16.8 Å². The van der Waals surface area contributed by atoms with Gasteiger partial charge in [-0.05, 0) is 42.5 Å². The second-order valence-electron chi connectivity index (χ2n) is 7.70. The molecule has 5 N–H and O–H groups in total. The Balaban J connectivity index is 1.91. The van der Waals surface area contributed by atoms with E-state index in [2.05, 4.69) is 24.1 Å². The predicted molar refractivity (Wildman–Crippen MR) is 110 cm³/mol. The van der Waals surface area contributed by atoms with E-state index in [1.54, 1.807) is 12.1 Å². The van der Waals surface area contributed by atoms with Gasteiger partial charge >= 0.3 is 0 Å². The van der Waals surface area contributed by atoms with Crippen LogP contribution in [0.3, 0.4) is 0 Å². The average molecular weight is 385 g/mol. The number of pyridine rings is 1. The third kappa shape index (κ3) is 4.42. The van der Waals surface area contributed by atoms with Gasteiger partial charge in [-0.3, -0.25) is 9.78 Å². The fourth-order valence-electron chi connectivity index (χ4n) is 3.65. The molecule has 1 fully saturated rings. The number of carbonyl (C=O) groups is 1. The number of nitrogens with one attached hydrogen (secondary N) is 1. The van der Waals surface area contributed by atoms with Gasteiger partial charge in [0.05, 0.1) is 23.1 Å². The number of hydrogen-bond donors (Lipinski definition) is 3. The molecular weight excluding hydrogens is 357 g/mol. The quantitative estimate of drug-likeness (QED) is 0.653. The zero-order valence-corrected chi connectivity index (χ0v) is 16.4. The summed E-state index contributed by atoms with van der Waals surface area (Å²) in [4.78, 5) is 15.3. The number of halogens is 1. The third-order valence-electron chi connectivity index (χ3n) is 5.28. The molecule has 0 unspecified atom stereocenters. The minimum atomic E-state index is -0.647. The second kappa shape index (κ2) is 8.56. The second-order valence-corrected chi connectivity index (χ2v) is 7.70. The fraction of sp³-hybridized carbons (Fsp3) is 0.429. The molecule has 28 heavy (non-hydrogen) atoms. The Morgan fingerprint density at radius 2 is 1.96 bits per heavy atom. The molecule has 3 rings (SSSR count). The van der Waals surface area contributed by atoms with Crippen LogP contribution in [0.25, 0.3) is 0 Å². The number of nitrogens with zero attached hydrogens (tertiary/aromatic N) is 2. The summed E-state index contributed by atoms with van der Waals surface area (Å²) < 4.78 is 15.1. The van der Waals surface area contributed by atoms with Crippen LogP contribution in [-0.4, -0.2) is 23.0 Å². The van der Waals surface area contributed by atoms with Crippen LogP contribution in [0.2, 0.25) is 0 Å². The summed E-state index contributed by atoms with van der Waals surface area (Å²) in [5, 5.41) is 4.06. The van der Waals surface area contributed by atoms with Crippen molar-refractivity contribution in [3.05, 3.63) is 47.8 Å². The Labute approximate surface area is 165 Å². The third-order valence-corrected chi connectivity index (χ3v) is 5.28. The van der Waals surface area contributed by atoms with Crippen molar-refractivity contribution < 1.29 is 9.28 Å². The molecule has 0 saturated heterocycles. The van der Waals surface area contributed by atoms with E-state index < -0.39 is 5.91 Å². The van der Waals surface area contributed by atoms with Crippen molar-refractivity contribution in [1.82, 2.24) is 4.98 Å². The molecule has 1 aliphatic rings. The first-order valence-corrected chi connectivity index (χ1v) is 9.73. The standard InChI is InChI=1S/C21H28FN5O/c1-13(2)17-8-7-15(10-20(17)26-19-6-4-3-5-18(19)23)27(22)16-9-14(21(24)28)11-25-12-16/h7-13,18-19,26H,3-6,23H2,1-2H3,(H2,24,28)/t18-,19+/m0/s1. The summed E-state index contributed by atoms with van der Waals surface area (Å²) in [6.45, 7) is 4.21. The van der Waals surface area contributed by atoms with Crippen molar-refractivity contribution >= 4 is 23.0 Å². The number of carbonyl (C=O) groups excluding carboxylic acids is 1. The molecule has 1 amide bonds. The van der Waals surface area contributed by atoms with Crippen molar-refractivity contribution in [3.8, 4) is 0 Å². The molecule has 2 atom stereocenters. The highest BCUT2D eigenvalue weighted by atomic mass is 19.2. The summed E-state index contributed by atoms with van der Waals surface area (Å²) in [7, 11) is 0. The van der Waals surface area contributed by atoms with Crippen LogP contribution in [0.5, 0.6) is 0 Å². The first-order chi connectivity index (χ1) is 13.4. The maximum absolute atomic E-state index is 15.1. The Kier molecular flexibility index (Phi) is 6.14. The van der Waals surface area contributed by atoms with E-state index in [0.29, 0.717) is 10.8 Å². The molecule has 0 bridgehead atoms. The Morgan fingerprint density at radius 3 is 2.64 bits per heavy atom. The van der Waals surface area contributed by atoms with Gasteiger partial charge in [0, 0.05) is 24.0 Å². The number of aromatic nitrogens is 1. The van der Waals surface area contributed by atoms with E-state index >= 15 is 4.48 Å². The van der Waals surface area contributed by atoms with E-state index in [1.165, 1.54) is 18.5 Å². The van der Waals surface area contributed by atoms with Gasteiger partial charge in [0.15, 0.2) is 0 Å². The van der Waals surface area contributed by atoms with Crippen LogP contribution in [0.4, 0.5) is 21.5 Å². The summed E-state index contributed by atoms with van der Waals surface area (Å²) in [6.07, 6.45) is 6.97. The average Bonchev–Trinajstić information content (AvgIpc) is 2.69. The number of anilines is 3. The van der Waals surface area contributed by atoms with E-state index in [1.807, 2.05) is 6.07 Å². The molecule has 6 nitrogen and oxygen atoms in total. The van der Waals surface area contributed by atoms with Crippen molar-refractivity contribution in [3.63, 3.8) is 0 Å². The van der Waals surface area contributed by atoms with Gasteiger partial charge in [-0.1, -0.05) is 37.2 Å². The molecule has 0 aliphatic heterocycles. The smallest absolute Gasteiger partial charge is 0.250 e. The number of hydrogen-bond acceptors (Lipinski definition) is 5. The topological polar surface area (TPSA) is 97.3 Å². The lowest BCUT2D eigenvalue weighted by Gasteiger charge is -2.31. The van der Waals surface area contributed by atoms with Gasteiger partial charge in [0.1, 0.15) is 0 Å². The molecule has 150 valence electrons. The zero-order chi connectivity index (χ0) is 20.3. The Morgan fingerprint density at radius 1 is 1.21 bits per heavy atom. The number of amides is 1. The molecule has 1 aromatic carbocycles. The van der Waals surface area contributed by atoms with Crippen molar-refractivity contribution in [1.29, 1.82) is 0 Å². The minimum absolute atomic E-state index is 0.0929. The highest BCUT2D eigenvalue weighted by Crippen LogP contribution is 2.34. The maximum Gasteiger partial charge on any atom is 0.250 e. The molecule has 7 heteroatoms. The van der Waals surface area contributed by atoms with Gasteiger partial charge in [-0.2, -0.15) is 5.12 Å². The molecule has 0 spiro atoms. The summed E-state index contributed by atoms with van der Waals surface area (Å²) >= 11 is 0. The highest BCUT2D eigenvalue weighted by molar-refractivity contribution is 5.93. The lowest BCUT2D eigenvalue weighted by atomic mass is 9.90. The van der Waals surface area contributed by atoms with E-state index in [-0.39, 0.29) is 29.3 Å². The van der Waals surface area contributed by atoms with Gasteiger partial charge in [0.2, 0.25) is 5.91 Å². The summed E-state index contributed by atoms with van der Waals surface area (Å²) in [5.41, 5.74) is 14.2. The van der Waals surface area contributed by atoms with Crippen LogP contribution in [0, 0.1) is 0 Å². The van der Waals surface area contributed by atoms with Gasteiger partial charge in [0.25, 0.3) is 0 Å². The largest absolute Gasteiger partial charge is 0.380 e. The monoisotopic (exact) mass is 385 g/mol. The van der Waals surface area contributed by atoms with E-state index in [9.17, 15) is 4.79 Å². The molecule has 1 saturated carbocycles. The molecule has 1 aliphatic carbocycles. The van der Waals surface area contributed by atoms with Crippen molar-refractivity contribution in [2.45, 2.75) is 57.5 Å². The van der Waals surface area contributed by atoms with Crippen LogP contribution < -0.4 is 21.9 Å². The number of rotatable bonds is 6. The number of benzene rings is 1. The van der Waals surface area contributed by atoms with E-state index in [0.717, 1.165) is 36.9 Å². The van der Waals surface area contributed by atoms with Gasteiger partial charge in [-0.15, -0.1) is 0 Å². The Bertz CT molecular complexity index is 841.